The molecule has 0 amide bonds. The number of allylic oxidation sites excluding steroid dienone is 1. The first kappa shape index (κ1) is 8.82. The summed E-state index contributed by atoms with van der Waals surface area (Å²) in [6.45, 7) is 7.27. The number of hydrogen-bond acceptors (Lipinski definition) is 2. The summed E-state index contributed by atoms with van der Waals surface area (Å²) in [5.74, 6) is 1.81. The van der Waals surface area contributed by atoms with Crippen molar-refractivity contribution in [3.8, 4) is 0 Å². The number of hydrogen-bond donors (Lipinski definition) is 1. The second-order valence-corrected chi connectivity index (χ2v) is 3.95. The molecule has 0 aliphatic carbocycles. The van der Waals surface area contributed by atoms with Gasteiger partial charge in [0, 0.05) is 0 Å². The Labute approximate surface area is 79.7 Å². The lowest BCUT2D eigenvalue weighted by Gasteiger charge is -2.28. The van der Waals surface area contributed by atoms with Gasteiger partial charge in [0.1, 0.15) is 12.4 Å². The van der Waals surface area contributed by atoms with E-state index in [4.69, 9.17) is 4.74 Å². The van der Waals surface area contributed by atoms with E-state index in [-0.39, 0.29) is 0 Å². The maximum absolute atomic E-state index is 5.60. The Bertz CT molecular complexity index is 263. The van der Waals surface area contributed by atoms with Crippen LogP contribution in [-0.2, 0) is 4.74 Å². The minimum absolute atomic E-state index is 0.631. The van der Waals surface area contributed by atoms with Crippen LogP contribution in [0, 0.1) is 5.92 Å². The van der Waals surface area contributed by atoms with Crippen molar-refractivity contribution in [2.24, 2.45) is 5.92 Å². The summed E-state index contributed by atoms with van der Waals surface area (Å²) in [6.07, 6.45) is 3.36. The maximum atomic E-state index is 5.60. The molecular formula is C11H17NO. The van der Waals surface area contributed by atoms with Crippen LogP contribution in [0.2, 0.25) is 0 Å². The molecule has 0 radical (unpaired) electrons. The Hall–Kier alpha value is -0.760. The Morgan fingerprint density at radius 3 is 3.08 bits per heavy atom. The van der Waals surface area contributed by atoms with Crippen molar-refractivity contribution in [3.63, 3.8) is 0 Å². The van der Waals surface area contributed by atoms with Gasteiger partial charge in [-0.05, 0) is 36.1 Å². The lowest BCUT2D eigenvalue weighted by Crippen LogP contribution is -2.29. The Kier molecular flexibility index (Phi) is 2.40. The fourth-order valence-electron chi connectivity index (χ4n) is 2.04. The fourth-order valence-corrected chi connectivity index (χ4v) is 2.04. The molecule has 0 aromatic rings. The van der Waals surface area contributed by atoms with Gasteiger partial charge in [-0.2, -0.15) is 0 Å². The molecule has 0 saturated carbocycles. The normalized spacial score (nSPS) is 22.5. The first-order chi connectivity index (χ1) is 6.29. The standard InChI is InChI=1S/C11H17NO/c1-8(2)9-4-6-13-11-7-12-5-3-10(9)11/h4,8,12H,3,5-7H2,1-2H3. The van der Waals surface area contributed by atoms with E-state index in [2.05, 4.69) is 25.2 Å². The van der Waals surface area contributed by atoms with Crippen molar-refractivity contribution in [2.45, 2.75) is 20.3 Å². The number of nitrogens with one attached hydrogen (secondary N) is 1. The molecule has 2 heterocycles. The molecule has 0 aromatic heterocycles. The van der Waals surface area contributed by atoms with E-state index < -0.39 is 0 Å². The molecule has 0 spiro atoms. The zero-order chi connectivity index (χ0) is 9.26. The van der Waals surface area contributed by atoms with Crippen LogP contribution >= 0.6 is 0 Å². The van der Waals surface area contributed by atoms with Crippen LogP contribution in [0.4, 0.5) is 0 Å². The molecule has 2 heteroatoms. The monoisotopic (exact) mass is 179 g/mol. The summed E-state index contributed by atoms with van der Waals surface area (Å²) in [5.41, 5.74) is 2.96. The van der Waals surface area contributed by atoms with E-state index in [0.29, 0.717) is 5.92 Å². The molecule has 2 rings (SSSR count). The molecule has 2 aliphatic rings. The summed E-state index contributed by atoms with van der Waals surface area (Å²) >= 11 is 0. The lowest BCUT2D eigenvalue weighted by molar-refractivity contribution is 0.220. The summed E-state index contributed by atoms with van der Waals surface area (Å²) < 4.78 is 5.60. The van der Waals surface area contributed by atoms with Gasteiger partial charge in [-0.15, -0.1) is 0 Å². The molecule has 2 nitrogen and oxygen atoms in total. The third-order valence-corrected chi connectivity index (χ3v) is 2.71. The minimum atomic E-state index is 0.631. The highest BCUT2D eigenvalue weighted by Crippen LogP contribution is 2.30. The third-order valence-electron chi connectivity index (χ3n) is 2.71. The highest BCUT2D eigenvalue weighted by Gasteiger charge is 2.21. The van der Waals surface area contributed by atoms with E-state index in [1.165, 1.54) is 16.9 Å². The molecule has 0 atom stereocenters. The molecule has 2 aliphatic heterocycles. The summed E-state index contributed by atoms with van der Waals surface area (Å²) in [4.78, 5) is 0. The molecule has 0 fully saturated rings. The van der Waals surface area contributed by atoms with E-state index >= 15 is 0 Å². The van der Waals surface area contributed by atoms with Crippen LogP contribution < -0.4 is 5.32 Å². The second-order valence-electron chi connectivity index (χ2n) is 3.95. The lowest BCUT2D eigenvalue weighted by atomic mass is 9.89. The molecule has 0 aromatic carbocycles. The first-order valence-electron chi connectivity index (χ1n) is 5.05. The first-order valence-corrected chi connectivity index (χ1v) is 5.05. The summed E-state index contributed by atoms with van der Waals surface area (Å²) in [7, 11) is 0. The maximum Gasteiger partial charge on any atom is 0.114 e. The van der Waals surface area contributed by atoms with Gasteiger partial charge < -0.3 is 10.1 Å². The van der Waals surface area contributed by atoms with Crippen molar-refractivity contribution in [3.05, 3.63) is 23.0 Å². The molecule has 13 heavy (non-hydrogen) atoms. The number of rotatable bonds is 1. The van der Waals surface area contributed by atoms with Crippen LogP contribution in [0.25, 0.3) is 0 Å². The van der Waals surface area contributed by atoms with Crippen LogP contribution in [0.15, 0.2) is 23.0 Å². The van der Waals surface area contributed by atoms with Gasteiger partial charge in [-0.3, -0.25) is 0 Å². The number of ether oxygens (including phenoxy) is 1. The molecule has 0 unspecified atom stereocenters. The van der Waals surface area contributed by atoms with Gasteiger partial charge in [0.25, 0.3) is 0 Å². The van der Waals surface area contributed by atoms with Gasteiger partial charge in [0.2, 0.25) is 0 Å². The van der Waals surface area contributed by atoms with Crippen molar-refractivity contribution < 1.29 is 4.74 Å². The van der Waals surface area contributed by atoms with Crippen LogP contribution in [0.5, 0.6) is 0 Å². The Morgan fingerprint density at radius 1 is 1.46 bits per heavy atom. The average Bonchev–Trinajstić information content (AvgIpc) is 2.17. The SMILES string of the molecule is CC(C)C1=CCOC2=C1CCNC2. The van der Waals surface area contributed by atoms with Crippen molar-refractivity contribution in [1.29, 1.82) is 0 Å². The zero-order valence-corrected chi connectivity index (χ0v) is 8.39. The van der Waals surface area contributed by atoms with E-state index in [9.17, 15) is 0 Å². The van der Waals surface area contributed by atoms with Crippen molar-refractivity contribution in [1.82, 2.24) is 5.32 Å². The molecule has 0 bridgehead atoms. The van der Waals surface area contributed by atoms with Gasteiger partial charge in [0.05, 0.1) is 6.54 Å². The zero-order valence-electron chi connectivity index (χ0n) is 8.39. The molecular weight excluding hydrogens is 162 g/mol. The highest BCUT2D eigenvalue weighted by molar-refractivity contribution is 5.38. The van der Waals surface area contributed by atoms with Crippen LogP contribution in [0.3, 0.4) is 0 Å². The molecule has 0 saturated heterocycles. The van der Waals surface area contributed by atoms with Crippen molar-refractivity contribution >= 4 is 0 Å². The highest BCUT2D eigenvalue weighted by atomic mass is 16.5. The molecule has 1 N–H and O–H groups in total. The average molecular weight is 179 g/mol. The predicted molar refractivity (Wildman–Crippen MR) is 53.4 cm³/mol. The largest absolute Gasteiger partial charge is 0.492 e. The molecule has 72 valence electrons. The Morgan fingerprint density at radius 2 is 2.31 bits per heavy atom. The third kappa shape index (κ3) is 1.63. The minimum Gasteiger partial charge on any atom is -0.492 e. The summed E-state index contributed by atoms with van der Waals surface area (Å²) in [6, 6.07) is 0. The van der Waals surface area contributed by atoms with Gasteiger partial charge in [0.15, 0.2) is 0 Å². The smallest absolute Gasteiger partial charge is 0.114 e. The summed E-state index contributed by atoms with van der Waals surface area (Å²) in [5, 5.41) is 3.33. The van der Waals surface area contributed by atoms with E-state index in [1.54, 1.807) is 0 Å². The topological polar surface area (TPSA) is 21.3 Å². The van der Waals surface area contributed by atoms with Crippen molar-refractivity contribution in [2.75, 3.05) is 19.7 Å². The van der Waals surface area contributed by atoms with Crippen LogP contribution in [0.1, 0.15) is 20.3 Å². The predicted octanol–water partition coefficient (Wildman–Crippen LogP) is 1.85. The van der Waals surface area contributed by atoms with E-state index in [0.717, 1.165) is 26.1 Å². The van der Waals surface area contributed by atoms with Gasteiger partial charge in [-0.25, -0.2) is 0 Å². The Balaban J connectivity index is 2.28. The van der Waals surface area contributed by atoms with Crippen LogP contribution in [-0.4, -0.2) is 19.7 Å². The fraction of sp³-hybridized carbons (Fsp3) is 0.636. The second kappa shape index (κ2) is 3.54. The van der Waals surface area contributed by atoms with Gasteiger partial charge >= 0.3 is 0 Å². The van der Waals surface area contributed by atoms with E-state index in [1.807, 2.05) is 0 Å². The quantitative estimate of drug-likeness (QED) is 0.663. The van der Waals surface area contributed by atoms with Gasteiger partial charge in [-0.1, -0.05) is 13.8 Å².